The summed E-state index contributed by atoms with van der Waals surface area (Å²) in [5.74, 6) is 0.288. The first-order valence-electron chi connectivity index (χ1n) is 12.5. The Kier molecular flexibility index (Phi) is 16.4. The number of Topliss-reactive ketones (excluding diaryl/α,β-unsaturated/α-hetero) is 1. The van der Waals surface area contributed by atoms with Gasteiger partial charge in [-0.15, -0.1) is 0 Å². The third-order valence-corrected chi connectivity index (χ3v) is 5.63. The van der Waals surface area contributed by atoms with Crippen molar-refractivity contribution in [3.8, 4) is 0 Å². The van der Waals surface area contributed by atoms with Crippen molar-refractivity contribution in [1.82, 2.24) is 4.90 Å². The largest absolute Gasteiger partial charge is 0.300 e. The van der Waals surface area contributed by atoms with Crippen molar-refractivity contribution < 1.29 is 4.79 Å². The molecule has 0 unspecified atom stereocenters. The minimum atomic E-state index is 0.288. The highest BCUT2D eigenvalue weighted by molar-refractivity contribution is 5.96. The molecule has 0 saturated carbocycles. The smallest absolute Gasteiger partial charge is 0.162 e. The van der Waals surface area contributed by atoms with E-state index < -0.39 is 0 Å². The fourth-order valence-corrected chi connectivity index (χ4v) is 3.55. The zero-order valence-corrected chi connectivity index (χ0v) is 20.3. The number of hydrogen-bond acceptors (Lipinski definition) is 2. The summed E-state index contributed by atoms with van der Waals surface area (Å²) >= 11 is 0. The second kappa shape index (κ2) is 18.8. The Balaban J connectivity index is 2.06. The van der Waals surface area contributed by atoms with Gasteiger partial charge in [0.15, 0.2) is 5.78 Å². The Bertz CT molecular complexity index is 650. The highest BCUT2D eigenvalue weighted by Crippen LogP contribution is 2.13. The molecule has 0 radical (unpaired) electrons. The van der Waals surface area contributed by atoms with Crippen LogP contribution in [0.15, 0.2) is 60.7 Å². The van der Waals surface area contributed by atoms with Gasteiger partial charge in [0.25, 0.3) is 0 Å². The summed E-state index contributed by atoms with van der Waals surface area (Å²) in [4.78, 5) is 14.8. The maximum atomic E-state index is 12.4. The molecule has 0 aliphatic rings. The molecule has 2 heteroatoms. The molecule has 0 saturated heterocycles. The van der Waals surface area contributed by atoms with Crippen LogP contribution in [0, 0.1) is 0 Å². The predicted molar refractivity (Wildman–Crippen MR) is 137 cm³/mol. The molecule has 172 valence electrons. The van der Waals surface area contributed by atoms with E-state index >= 15 is 0 Å². The highest BCUT2D eigenvalue weighted by atomic mass is 16.1. The van der Waals surface area contributed by atoms with Gasteiger partial charge in [-0.1, -0.05) is 101 Å². The number of nitrogens with zero attached hydrogens (tertiary/aromatic N) is 1. The van der Waals surface area contributed by atoms with Gasteiger partial charge in [-0.2, -0.15) is 0 Å². The average molecular weight is 424 g/mol. The maximum absolute atomic E-state index is 12.4. The van der Waals surface area contributed by atoms with Crippen molar-refractivity contribution in [1.29, 1.82) is 0 Å². The minimum absolute atomic E-state index is 0.288. The molecule has 1 aromatic carbocycles. The number of rotatable bonds is 18. The first-order chi connectivity index (χ1) is 15.2. The summed E-state index contributed by atoms with van der Waals surface area (Å²) < 4.78 is 0. The molecular formula is C29H45NO. The van der Waals surface area contributed by atoms with Gasteiger partial charge < -0.3 is 0 Å². The lowest BCUT2D eigenvalue weighted by atomic mass is 10.0. The molecule has 2 nitrogen and oxygen atoms in total. The van der Waals surface area contributed by atoms with Crippen molar-refractivity contribution in [2.24, 2.45) is 0 Å². The predicted octanol–water partition coefficient (Wildman–Crippen LogP) is 8.30. The summed E-state index contributed by atoms with van der Waals surface area (Å²) in [5.41, 5.74) is 2.15. The van der Waals surface area contributed by atoms with E-state index in [0.717, 1.165) is 57.3 Å². The topological polar surface area (TPSA) is 20.3 Å². The van der Waals surface area contributed by atoms with Gasteiger partial charge in [-0.05, 0) is 57.2 Å². The van der Waals surface area contributed by atoms with E-state index in [4.69, 9.17) is 0 Å². The van der Waals surface area contributed by atoms with E-state index in [1.54, 1.807) is 0 Å². The summed E-state index contributed by atoms with van der Waals surface area (Å²) in [6, 6.07) is 8.23. The van der Waals surface area contributed by atoms with E-state index in [1.807, 2.05) is 12.1 Å². The van der Waals surface area contributed by atoms with Gasteiger partial charge in [0.05, 0.1) is 0 Å². The van der Waals surface area contributed by atoms with E-state index in [-0.39, 0.29) is 5.78 Å². The third kappa shape index (κ3) is 13.9. The number of hydrogen-bond donors (Lipinski definition) is 0. The first kappa shape index (κ1) is 27.1. The lowest BCUT2D eigenvalue weighted by molar-refractivity contribution is 0.0979. The molecule has 0 atom stereocenters. The normalized spacial score (nSPS) is 12.1. The Morgan fingerprint density at radius 2 is 1.32 bits per heavy atom. The van der Waals surface area contributed by atoms with Crippen molar-refractivity contribution in [2.75, 3.05) is 13.1 Å². The van der Waals surface area contributed by atoms with Gasteiger partial charge in [-0.3, -0.25) is 9.69 Å². The molecule has 1 rings (SSSR count). The highest BCUT2D eigenvalue weighted by Gasteiger charge is 2.06. The fourth-order valence-electron chi connectivity index (χ4n) is 3.55. The van der Waals surface area contributed by atoms with Gasteiger partial charge in [0, 0.05) is 18.5 Å². The zero-order valence-electron chi connectivity index (χ0n) is 20.3. The first-order valence-corrected chi connectivity index (χ1v) is 12.5. The van der Waals surface area contributed by atoms with E-state index in [2.05, 4.69) is 74.3 Å². The van der Waals surface area contributed by atoms with Crippen LogP contribution in [-0.4, -0.2) is 23.8 Å². The van der Waals surface area contributed by atoms with E-state index in [0.29, 0.717) is 6.42 Å². The van der Waals surface area contributed by atoms with Gasteiger partial charge in [-0.25, -0.2) is 0 Å². The monoisotopic (exact) mass is 423 g/mol. The average Bonchev–Trinajstić information content (AvgIpc) is 2.80. The number of carbonyl (C=O) groups excluding carboxylic acids is 1. The number of carbonyl (C=O) groups is 1. The quantitative estimate of drug-likeness (QED) is 0.134. The summed E-state index contributed by atoms with van der Waals surface area (Å²) in [6.45, 7) is 9.61. The fraction of sp³-hybridized carbons (Fsp3) is 0.552. The Morgan fingerprint density at radius 3 is 1.97 bits per heavy atom. The second-order valence-electron chi connectivity index (χ2n) is 8.18. The van der Waals surface area contributed by atoms with Crippen molar-refractivity contribution >= 4 is 5.78 Å². The van der Waals surface area contributed by atoms with Crippen LogP contribution in [0.5, 0.6) is 0 Å². The van der Waals surface area contributed by atoms with Crippen LogP contribution in [0.2, 0.25) is 0 Å². The lowest BCUT2D eigenvalue weighted by Crippen LogP contribution is -2.22. The number of ketones is 1. The van der Waals surface area contributed by atoms with Gasteiger partial charge >= 0.3 is 0 Å². The molecule has 0 spiro atoms. The minimum Gasteiger partial charge on any atom is -0.300 e. The molecule has 0 fully saturated rings. The number of unbranched alkanes of at least 4 members (excludes halogenated alkanes) is 5. The molecule has 0 N–H and O–H groups in total. The van der Waals surface area contributed by atoms with E-state index in [1.165, 1.54) is 31.2 Å². The molecule has 0 bridgehead atoms. The van der Waals surface area contributed by atoms with Crippen LogP contribution >= 0.6 is 0 Å². The molecule has 31 heavy (non-hydrogen) atoms. The van der Waals surface area contributed by atoms with Crippen LogP contribution in [0.1, 0.15) is 101 Å². The summed E-state index contributed by atoms with van der Waals surface area (Å²) in [6.07, 6.45) is 24.4. The molecular weight excluding hydrogens is 378 g/mol. The van der Waals surface area contributed by atoms with Crippen LogP contribution in [0.4, 0.5) is 0 Å². The number of allylic oxidation sites excluding steroid dienone is 6. The van der Waals surface area contributed by atoms with Crippen LogP contribution in [0.3, 0.4) is 0 Å². The summed E-state index contributed by atoms with van der Waals surface area (Å²) in [7, 11) is 0. The standard InChI is InChI=1S/C29H45NO/c1-4-7-8-9-10-11-12-13-14-15-16-17-18-19-20-21-29(31)28-24-22-27(23-25-28)26-30(5-2)6-3/h7-8,10-11,13-14,22-25H,4-6,9,12,15-21,26H2,1-3H3/b8-7-,11-10-,14-13-. The Hall–Kier alpha value is -1.93. The molecule has 0 heterocycles. The van der Waals surface area contributed by atoms with Crippen LogP contribution in [0.25, 0.3) is 0 Å². The molecule has 0 aliphatic heterocycles. The molecule has 0 amide bonds. The molecule has 1 aromatic rings. The third-order valence-electron chi connectivity index (χ3n) is 5.63. The SMILES string of the molecule is CC/C=C\C/C=C\C/C=C\CCCCCCCC(=O)c1ccc(CN(CC)CC)cc1. The van der Waals surface area contributed by atoms with Crippen molar-refractivity contribution in [3.63, 3.8) is 0 Å². The van der Waals surface area contributed by atoms with Crippen LogP contribution < -0.4 is 0 Å². The Morgan fingerprint density at radius 1 is 0.742 bits per heavy atom. The van der Waals surface area contributed by atoms with Crippen molar-refractivity contribution in [3.05, 3.63) is 71.8 Å². The second-order valence-corrected chi connectivity index (χ2v) is 8.18. The number of benzene rings is 1. The molecule has 0 aromatic heterocycles. The Labute approximate surface area is 192 Å². The van der Waals surface area contributed by atoms with Crippen molar-refractivity contribution in [2.45, 2.75) is 91.5 Å². The van der Waals surface area contributed by atoms with Crippen LogP contribution in [-0.2, 0) is 6.54 Å². The van der Waals surface area contributed by atoms with E-state index in [9.17, 15) is 4.79 Å². The lowest BCUT2D eigenvalue weighted by Gasteiger charge is -2.17. The summed E-state index contributed by atoms with van der Waals surface area (Å²) in [5, 5.41) is 0. The van der Waals surface area contributed by atoms with Gasteiger partial charge in [0.2, 0.25) is 0 Å². The zero-order chi connectivity index (χ0) is 22.6. The van der Waals surface area contributed by atoms with Gasteiger partial charge in [0.1, 0.15) is 0 Å². The maximum Gasteiger partial charge on any atom is 0.162 e. The molecule has 0 aliphatic carbocycles.